The second-order valence-corrected chi connectivity index (χ2v) is 7.11. The molecule has 0 atom stereocenters. The molecule has 2 aromatic carbocycles. The number of benzene rings is 2. The van der Waals surface area contributed by atoms with E-state index in [-0.39, 0.29) is 17.3 Å². The van der Waals surface area contributed by atoms with Gasteiger partial charge in [0, 0.05) is 12.6 Å². The molecule has 0 radical (unpaired) electrons. The summed E-state index contributed by atoms with van der Waals surface area (Å²) in [5.74, 6) is -0.239. The maximum atomic E-state index is 12.1. The van der Waals surface area contributed by atoms with E-state index in [0.717, 1.165) is 16.7 Å². The average molecular weight is 344 g/mol. The summed E-state index contributed by atoms with van der Waals surface area (Å²) in [7, 11) is -3.75. The Morgan fingerprint density at radius 1 is 1.17 bits per heavy atom. The summed E-state index contributed by atoms with van der Waals surface area (Å²) in [5, 5.41) is 7.85. The fourth-order valence-corrected chi connectivity index (χ4v) is 2.95. The fourth-order valence-electron chi connectivity index (χ4n) is 2.36. The van der Waals surface area contributed by atoms with Gasteiger partial charge in [0.1, 0.15) is 0 Å². The van der Waals surface area contributed by atoms with Crippen molar-refractivity contribution >= 4 is 21.5 Å². The van der Waals surface area contributed by atoms with Gasteiger partial charge in [0.2, 0.25) is 15.9 Å². The Hall–Kier alpha value is -2.44. The van der Waals surface area contributed by atoms with Gasteiger partial charge in [-0.2, -0.15) is 0 Å². The zero-order chi connectivity index (χ0) is 17.7. The number of amides is 1. The molecule has 0 bridgehead atoms. The number of hydrogen-bond donors (Lipinski definition) is 2. The van der Waals surface area contributed by atoms with E-state index in [1.165, 1.54) is 18.2 Å². The van der Waals surface area contributed by atoms with Gasteiger partial charge in [0.15, 0.2) is 0 Å². The molecule has 0 aliphatic rings. The second kappa shape index (κ2) is 7.42. The van der Waals surface area contributed by atoms with E-state index in [0.29, 0.717) is 5.56 Å². The average Bonchev–Trinajstić information content (AvgIpc) is 2.53. The number of hydrogen-bond acceptors (Lipinski definition) is 3. The summed E-state index contributed by atoms with van der Waals surface area (Å²) in [5.41, 5.74) is 3.64. The molecule has 0 saturated heterocycles. The smallest absolute Gasteiger partial charge is 0.244 e. The Morgan fingerprint density at radius 2 is 1.88 bits per heavy atom. The lowest BCUT2D eigenvalue weighted by molar-refractivity contribution is -0.116. The first-order valence-electron chi connectivity index (χ1n) is 7.41. The highest BCUT2D eigenvalue weighted by molar-refractivity contribution is 7.89. The van der Waals surface area contributed by atoms with Gasteiger partial charge in [-0.1, -0.05) is 36.4 Å². The van der Waals surface area contributed by atoms with Crippen molar-refractivity contribution in [2.45, 2.75) is 25.3 Å². The molecule has 0 saturated carbocycles. The second-order valence-electron chi connectivity index (χ2n) is 5.55. The highest BCUT2D eigenvalue weighted by Crippen LogP contribution is 2.17. The van der Waals surface area contributed by atoms with Crippen LogP contribution >= 0.6 is 0 Å². The Kier molecular flexibility index (Phi) is 5.54. The molecule has 0 heterocycles. The van der Waals surface area contributed by atoms with E-state index < -0.39 is 10.0 Å². The lowest BCUT2D eigenvalue weighted by Crippen LogP contribution is -2.21. The highest BCUT2D eigenvalue weighted by atomic mass is 32.2. The summed E-state index contributed by atoms with van der Waals surface area (Å²) in [6.07, 6.45) is 1.53. The predicted octanol–water partition coefficient (Wildman–Crippen LogP) is 2.36. The van der Waals surface area contributed by atoms with Crippen molar-refractivity contribution in [2.24, 2.45) is 5.14 Å². The van der Waals surface area contributed by atoms with Gasteiger partial charge < -0.3 is 5.32 Å². The normalized spacial score (nSPS) is 12.0. The van der Waals surface area contributed by atoms with Crippen molar-refractivity contribution in [3.05, 3.63) is 71.3 Å². The van der Waals surface area contributed by atoms with Gasteiger partial charge in [-0.3, -0.25) is 4.79 Å². The molecule has 2 aromatic rings. The summed E-state index contributed by atoms with van der Waals surface area (Å²) in [6.45, 7) is 4.09. The number of carbonyl (C=O) groups is 1. The summed E-state index contributed by atoms with van der Waals surface area (Å²) in [6, 6.07) is 14.0. The largest absolute Gasteiger partial charge is 0.348 e. The van der Waals surface area contributed by atoms with Crippen LogP contribution in [0.15, 0.2) is 59.5 Å². The predicted molar refractivity (Wildman–Crippen MR) is 94.5 cm³/mol. The van der Waals surface area contributed by atoms with Crippen LogP contribution in [0.5, 0.6) is 0 Å². The van der Waals surface area contributed by atoms with Crippen LogP contribution in [0.2, 0.25) is 0 Å². The molecular weight excluding hydrogens is 324 g/mol. The molecule has 0 aliphatic carbocycles. The zero-order valence-corrected chi connectivity index (χ0v) is 14.4. The van der Waals surface area contributed by atoms with Crippen LogP contribution in [-0.4, -0.2) is 14.3 Å². The van der Waals surface area contributed by atoms with Crippen molar-refractivity contribution in [3.8, 4) is 0 Å². The van der Waals surface area contributed by atoms with Crippen LogP contribution in [0.1, 0.15) is 23.6 Å². The Morgan fingerprint density at radius 3 is 2.54 bits per heavy atom. The van der Waals surface area contributed by atoms with Gasteiger partial charge in [0.25, 0.3) is 0 Å². The third-order valence-electron chi connectivity index (χ3n) is 3.61. The first kappa shape index (κ1) is 17.9. The first-order chi connectivity index (χ1) is 11.3. The molecule has 126 valence electrons. The van der Waals surface area contributed by atoms with E-state index in [2.05, 4.69) is 5.32 Å². The van der Waals surface area contributed by atoms with Gasteiger partial charge in [0.05, 0.1) is 4.90 Å². The van der Waals surface area contributed by atoms with E-state index >= 15 is 0 Å². The lowest BCUT2D eigenvalue weighted by atomic mass is 10.0. The van der Waals surface area contributed by atoms with Crippen molar-refractivity contribution in [3.63, 3.8) is 0 Å². The Labute approximate surface area is 142 Å². The molecule has 6 heteroatoms. The van der Waals surface area contributed by atoms with E-state index in [1.807, 2.05) is 38.1 Å². The van der Waals surface area contributed by atoms with Crippen LogP contribution < -0.4 is 10.5 Å². The zero-order valence-electron chi connectivity index (χ0n) is 13.6. The Balaban J connectivity index is 2.06. The van der Waals surface area contributed by atoms with Crippen LogP contribution in [0.3, 0.4) is 0 Å². The summed E-state index contributed by atoms with van der Waals surface area (Å²) < 4.78 is 22.7. The number of aryl methyl sites for hydroxylation is 1. The minimum Gasteiger partial charge on any atom is -0.348 e. The van der Waals surface area contributed by atoms with Crippen molar-refractivity contribution in [1.29, 1.82) is 0 Å². The van der Waals surface area contributed by atoms with E-state index in [1.54, 1.807) is 12.1 Å². The van der Waals surface area contributed by atoms with Crippen molar-refractivity contribution < 1.29 is 13.2 Å². The van der Waals surface area contributed by atoms with Crippen molar-refractivity contribution in [2.75, 3.05) is 0 Å². The SMILES string of the molecule is C/C(=C\C(=O)NCc1cccc(S(N)(=O)=O)c1)c1ccccc1C. The molecule has 1 amide bonds. The van der Waals surface area contributed by atoms with Crippen LogP contribution in [0, 0.1) is 6.92 Å². The first-order valence-corrected chi connectivity index (χ1v) is 8.96. The monoisotopic (exact) mass is 344 g/mol. The number of carbonyl (C=O) groups excluding carboxylic acids is 1. The third-order valence-corrected chi connectivity index (χ3v) is 4.52. The molecular formula is C18H20N2O3S. The van der Waals surface area contributed by atoms with Gasteiger partial charge in [-0.15, -0.1) is 0 Å². The minimum absolute atomic E-state index is 0.0286. The standard InChI is InChI=1S/C18H20N2O3S/c1-13-6-3-4-9-17(13)14(2)10-18(21)20-12-15-7-5-8-16(11-15)24(19,22)23/h3-11H,12H2,1-2H3,(H,20,21)(H2,19,22,23)/b14-10+. The summed E-state index contributed by atoms with van der Waals surface area (Å²) >= 11 is 0. The minimum atomic E-state index is -3.75. The number of primary sulfonamides is 1. The van der Waals surface area contributed by atoms with E-state index in [9.17, 15) is 13.2 Å². The molecule has 0 spiro atoms. The number of allylic oxidation sites excluding steroid dienone is 1. The van der Waals surface area contributed by atoms with Gasteiger partial charge in [-0.05, 0) is 48.2 Å². The Bertz CT molecular complexity index is 887. The van der Waals surface area contributed by atoms with Gasteiger partial charge in [-0.25, -0.2) is 13.6 Å². The molecule has 3 N–H and O–H groups in total. The number of rotatable bonds is 5. The van der Waals surface area contributed by atoms with Crippen LogP contribution in [0.4, 0.5) is 0 Å². The molecule has 24 heavy (non-hydrogen) atoms. The van der Waals surface area contributed by atoms with Crippen LogP contribution in [0.25, 0.3) is 5.57 Å². The van der Waals surface area contributed by atoms with Crippen molar-refractivity contribution in [1.82, 2.24) is 5.32 Å². The van der Waals surface area contributed by atoms with Gasteiger partial charge >= 0.3 is 0 Å². The number of sulfonamides is 1. The van der Waals surface area contributed by atoms with Crippen LogP contribution in [-0.2, 0) is 21.4 Å². The molecule has 5 nitrogen and oxygen atoms in total. The fraction of sp³-hybridized carbons (Fsp3) is 0.167. The quantitative estimate of drug-likeness (QED) is 0.816. The molecule has 2 rings (SSSR count). The molecule has 0 aromatic heterocycles. The number of nitrogens with one attached hydrogen (secondary N) is 1. The maximum absolute atomic E-state index is 12.1. The number of nitrogens with two attached hydrogens (primary N) is 1. The van der Waals surface area contributed by atoms with E-state index in [4.69, 9.17) is 5.14 Å². The topological polar surface area (TPSA) is 89.3 Å². The lowest BCUT2D eigenvalue weighted by Gasteiger charge is -2.07. The third kappa shape index (κ3) is 4.78. The molecule has 0 unspecified atom stereocenters. The maximum Gasteiger partial charge on any atom is 0.244 e. The molecule has 0 fully saturated rings. The summed E-state index contributed by atoms with van der Waals surface area (Å²) in [4.78, 5) is 12.1. The molecule has 0 aliphatic heterocycles. The highest BCUT2D eigenvalue weighted by Gasteiger charge is 2.08.